The third-order valence-electron chi connectivity index (χ3n) is 10.5. The molecule has 12 heteroatoms. The molecule has 0 radical (unpaired) electrons. The minimum atomic E-state index is -2.41. The van der Waals surface area contributed by atoms with Gasteiger partial charge < -0.3 is 9.80 Å². The highest BCUT2D eigenvalue weighted by Gasteiger charge is 2.26. The van der Waals surface area contributed by atoms with Gasteiger partial charge >= 0.3 is 0 Å². The first kappa shape index (κ1) is 50.2. The highest BCUT2D eigenvalue weighted by molar-refractivity contribution is 5.65. The zero-order valence-electron chi connectivity index (χ0n) is 36.9. The van der Waals surface area contributed by atoms with E-state index < -0.39 is 69.3 Å². The van der Waals surface area contributed by atoms with Crippen LogP contribution in [0.2, 0.25) is 0 Å². The second-order valence-corrected chi connectivity index (χ2v) is 15.3. The van der Waals surface area contributed by atoms with Crippen molar-refractivity contribution >= 4 is 11.4 Å². The molecule has 0 aromatic heterocycles. The maximum atomic E-state index is 14.8. The molecule has 0 saturated carbocycles. The number of hydrogen-bond donors (Lipinski definition) is 0. The van der Waals surface area contributed by atoms with Crippen molar-refractivity contribution in [1.29, 1.82) is 0 Å². The lowest BCUT2D eigenvalue weighted by atomic mass is 9.97. The van der Waals surface area contributed by atoms with Gasteiger partial charge in [0, 0.05) is 70.9 Å². The number of halogens is 10. The summed E-state index contributed by atoms with van der Waals surface area (Å²) in [4.78, 5) is 4.58. The van der Waals surface area contributed by atoms with E-state index in [9.17, 15) is 43.9 Å². The maximum absolute atomic E-state index is 14.8. The van der Waals surface area contributed by atoms with E-state index in [4.69, 9.17) is 0 Å². The van der Waals surface area contributed by atoms with Crippen LogP contribution in [0.5, 0.6) is 0 Å². The third kappa shape index (κ3) is 12.3. The van der Waals surface area contributed by atoms with Crippen LogP contribution < -0.4 is 9.80 Å². The van der Waals surface area contributed by atoms with Gasteiger partial charge in [0.1, 0.15) is 11.1 Å². The average molecular weight is 913 g/mol. The van der Waals surface area contributed by atoms with Gasteiger partial charge in [0.05, 0.1) is 0 Å². The molecule has 0 aliphatic heterocycles. The molecule has 0 saturated heterocycles. The monoisotopic (exact) mass is 912 g/mol. The van der Waals surface area contributed by atoms with Crippen molar-refractivity contribution in [3.8, 4) is 47.4 Å². The third-order valence-corrected chi connectivity index (χ3v) is 10.5. The molecule has 0 heterocycles. The smallest absolute Gasteiger partial charge is 0.200 e. The average Bonchev–Trinajstić information content (AvgIpc) is 3.33. The number of hydrogen-bond acceptors (Lipinski definition) is 2. The molecule has 5 aromatic rings. The largest absolute Gasteiger partial charge is 0.372 e. The van der Waals surface area contributed by atoms with Gasteiger partial charge in [0.25, 0.3) is 0 Å². The van der Waals surface area contributed by atoms with Gasteiger partial charge in [-0.25, -0.2) is 43.9 Å². The molecule has 0 bridgehead atoms. The fourth-order valence-corrected chi connectivity index (χ4v) is 6.63. The van der Waals surface area contributed by atoms with Crippen molar-refractivity contribution in [2.24, 2.45) is 0 Å². The van der Waals surface area contributed by atoms with Crippen molar-refractivity contribution in [3.05, 3.63) is 163 Å². The summed E-state index contributed by atoms with van der Waals surface area (Å²) in [6.07, 6.45) is 8.12. The molecule has 0 N–H and O–H groups in total. The molecule has 0 aliphatic rings. The standard InChI is InChI=1S/C54H46F10N2/c1-5-9-29-65(30-10-6-2)41-23-15-35(16-24-41)13-19-37-33-39(21-27-43-45(55)49(59)53(63)50(60)46(43)56)40(22-28-44-47(57)51(61)54(64)52(62)48(44)58)34-38(37)20-14-36-17-25-42(26-18-36)66(31-11-7-3)32-12-8-4/h15-18,23-26,33-34H,5-12,29-32H2,1-4H3. The minimum Gasteiger partial charge on any atom is -0.372 e. The summed E-state index contributed by atoms with van der Waals surface area (Å²) in [7, 11) is 0. The fraction of sp³-hybridized carbons (Fsp3) is 0.296. The molecule has 0 aliphatic carbocycles. The molecule has 0 atom stereocenters. The highest BCUT2D eigenvalue weighted by atomic mass is 19.2. The molecule has 0 spiro atoms. The van der Waals surface area contributed by atoms with Crippen molar-refractivity contribution in [3.63, 3.8) is 0 Å². The first-order valence-electron chi connectivity index (χ1n) is 21.7. The zero-order chi connectivity index (χ0) is 47.9. The SMILES string of the molecule is CCCCN(CCCC)c1ccc(C#Cc2cc(C#Cc3c(F)c(F)c(F)c(F)c3F)c(C#Cc3c(F)c(F)c(F)c(F)c3F)cc2C#Cc2ccc(N(CCCC)CCCC)cc2)cc1. The molecule has 0 amide bonds. The minimum absolute atomic E-state index is 0.129. The maximum Gasteiger partial charge on any atom is 0.200 e. The Morgan fingerprint density at radius 1 is 0.318 bits per heavy atom. The van der Waals surface area contributed by atoms with Crippen molar-refractivity contribution in [1.82, 2.24) is 0 Å². The van der Waals surface area contributed by atoms with E-state index in [0.29, 0.717) is 11.1 Å². The van der Waals surface area contributed by atoms with Crippen LogP contribution in [0, 0.1) is 106 Å². The Morgan fingerprint density at radius 3 is 0.818 bits per heavy atom. The van der Waals surface area contributed by atoms with E-state index in [2.05, 4.69) is 73.0 Å². The van der Waals surface area contributed by atoms with E-state index in [-0.39, 0.29) is 22.3 Å². The molecule has 0 unspecified atom stereocenters. The van der Waals surface area contributed by atoms with Crippen LogP contribution in [-0.4, -0.2) is 26.2 Å². The second kappa shape index (κ2) is 24.0. The summed E-state index contributed by atoms with van der Waals surface area (Å²) in [5.74, 6) is -2.16. The molecule has 66 heavy (non-hydrogen) atoms. The predicted octanol–water partition coefficient (Wildman–Crippen LogP) is 13.5. The van der Waals surface area contributed by atoms with E-state index in [1.54, 1.807) is 0 Å². The van der Waals surface area contributed by atoms with Crippen LogP contribution in [0.25, 0.3) is 0 Å². The first-order valence-corrected chi connectivity index (χ1v) is 21.7. The Hall–Kier alpha value is -6.76. The molecular weight excluding hydrogens is 867 g/mol. The van der Waals surface area contributed by atoms with Gasteiger partial charge in [-0.1, -0.05) is 101 Å². The van der Waals surface area contributed by atoms with Gasteiger partial charge in [-0.3, -0.25) is 0 Å². The predicted molar refractivity (Wildman–Crippen MR) is 240 cm³/mol. The van der Waals surface area contributed by atoms with Crippen molar-refractivity contribution in [2.45, 2.75) is 79.1 Å². The normalized spacial score (nSPS) is 10.5. The fourth-order valence-electron chi connectivity index (χ4n) is 6.63. The Morgan fingerprint density at radius 2 is 0.561 bits per heavy atom. The lowest BCUT2D eigenvalue weighted by Crippen LogP contribution is -2.25. The topological polar surface area (TPSA) is 6.48 Å². The Bertz CT molecular complexity index is 2520. The lowest BCUT2D eigenvalue weighted by molar-refractivity contribution is 0.376. The van der Waals surface area contributed by atoms with Gasteiger partial charge in [0.2, 0.25) is 11.6 Å². The number of rotatable bonds is 14. The summed E-state index contributed by atoms with van der Waals surface area (Å²) in [5.41, 5.74) is -0.257. The number of anilines is 2. The van der Waals surface area contributed by atoms with Crippen molar-refractivity contribution in [2.75, 3.05) is 36.0 Å². The lowest BCUT2D eigenvalue weighted by Gasteiger charge is -2.24. The quantitative estimate of drug-likeness (QED) is 0.0474. The van der Waals surface area contributed by atoms with Crippen LogP contribution in [0.1, 0.15) is 124 Å². The molecule has 2 nitrogen and oxygen atoms in total. The Labute approximate surface area is 380 Å². The van der Waals surface area contributed by atoms with E-state index in [0.717, 1.165) is 88.9 Å². The van der Waals surface area contributed by atoms with Crippen LogP contribution in [-0.2, 0) is 0 Å². The summed E-state index contributed by atoms with van der Waals surface area (Å²) in [6, 6.07) is 17.5. The van der Waals surface area contributed by atoms with Gasteiger partial charge in [-0.15, -0.1) is 0 Å². The molecule has 5 aromatic carbocycles. The van der Waals surface area contributed by atoms with E-state index in [1.165, 1.54) is 12.1 Å². The van der Waals surface area contributed by atoms with E-state index in [1.807, 2.05) is 60.4 Å². The highest BCUT2D eigenvalue weighted by Crippen LogP contribution is 2.26. The van der Waals surface area contributed by atoms with Crippen LogP contribution >= 0.6 is 0 Å². The van der Waals surface area contributed by atoms with Crippen molar-refractivity contribution < 1.29 is 43.9 Å². The zero-order valence-corrected chi connectivity index (χ0v) is 36.9. The van der Waals surface area contributed by atoms with E-state index >= 15 is 0 Å². The second-order valence-electron chi connectivity index (χ2n) is 15.3. The van der Waals surface area contributed by atoms with Crippen LogP contribution in [0.4, 0.5) is 55.3 Å². The molecule has 342 valence electrons. The number of nitrogens with zero attached hydrogens (tertiary/aromatic N) is 2. The van der Waals surface area contributed by atoms with Crippen LogP contribution in [0.15, 0.2) is 60.7 Å². The Kier molecular flexibility index (Phi) is 18.2. The summed E-state index contributed by atoms with van der Waals surface area (Å²) in [6.45, 7) is 12.0. The van der Waals surface area contributed by atoms with Gasteiger partial charge in [-0.2, -0.15) is 0 Å². The Balaban J connectivity index is 1.72. The molecular formula is C54H46F10N2. The summed E-state index contributed by atoms with van der Waals surface area (Å²) >= 11 is 0. The molecule has 0 fully saturated rings. The van der Waals surface area contributed by atoms with Crippen LogP contribution in [0.3, 0.4) is 0 Å². The number of benzene rings is 5. The summed E-state index contributed by atoms with van der Waals surface area (Å²) < 4.78 is 144. The summed E-state index contributed by atoms with van der Waals surface area (Å²) in [5, 5.41) is 0. The first-order chi connectivity index (χ1) is 31.7. The van der Waals surface area contributed by atoms with Gasteiger partial charge in [-0.05, 0) is 86.3 Å². The number of unbranched alkanes of at least 4 members (excludes halogenated alkanes) is 4. The molecule has 5 rings (SSSR count). The van der Waals surface area contributed by atoms with Gasteiger partial charge in [0.15, 0.2) is 46.5 Å².